The van der Waals surface area contributed by atoms with Crippen molar-refractivity contribution in [1.82, 2.24) is 19.9 Å². The molecular weight excluding hydrogens is 380 g/mol. The lowest BCUT2D eigenvalue weighted by atomic mass is 10.1. The number of aromatic nitrogens is 2. The van der Waals surface area contributed by atoms with Crippen LogP contribution >= 0.6 is 0 Å². The Bertz CT molecular complexity index is 1090. The molecule has 0 spiro atoms. The van der Waals surface area contributed by atoms with Crippen molar-refractivity contribution in [2.24, 2.45) is 0 Å². The lowest BCUT2D eigenvalue weighted by molar-refractivity contribution is 0.0951. The number of nitrogens with zero attached hydrogens (tertiary/aromatic N) is 3. The van der Waals surface area contributed by atoms with Crippen LogP contribution < -0.4 is 5.32 Å². The molecule has 0 bridgehead atoms. The summed E-state index contributed by atoms with van der Waals surface area (Å²) in [6, 6.07) is 11.6. The number of benzene rings is 2. The van der Waals surface area contributed by atoms with Crippen LogP contribution in [0, 0.1) is 0 Å². The molecule has 4 rings (SSSR count). The number of hydrogen-bond donors (Lipinski definition) is 1. The van der Waals surface area contributed by atoms with Gasteiger partial charge >= 0.3 is 0 Å². The molecule has 1 aliphatic rings. The van der Waals surface area contributed by atoms with Gasteiger partial charge in [0.25, 0.3) is 5.91 Å². The van der Waals surface area contributed by atoms with Gasteiger partial charge in [-0.3, -0.25) is 4.79 Å². The zero-order chi connectivity index (χ0) is 19.6. The lowest BCUT2D eigenvalue weighted by Gasteiger charge is -2.25. The quantitative estimate of drug-likeness (QED) is 0.705. The molecule has 0 saturated carbocycles. The van der Waals surface area contributed by atoms with E-state index in [0.29, 0.717) is 29.7 Å². The Labute approximate surface area is 162 Å². The van der Waals surface area contributed by atoms with Gasteiger partial charge in [-0.05, 0) is 59.1 Å². The van der Waals surface area contributed by atoms with Crippen LogP contribution in [0.2, 0.25) is 0 Å². The summed E-state index contributed by atoms with van der Waals surface area (Å²) in [5.41, 5.74) is 2.37. The van der Waals surface area contributed by atoms with Gasteiger partial charge in [-0.2, -0.15) is 4.31 Å². The van der Waals surface area contributed by atoms with E-state index in [2.05, 4.69) is 20.3 Å². The zero-order valence-electron chi connectivity index (χ0n) is 15.2. The minimum absolute atomic E-state index is 0.255. The summed E-state index contributed by atoms with van der Waals surface area (Å²) < 4.78 is 31.5. The average Bonchev–Trinajstić information content (AvgIpc) is 3.21. The summed E-state index contributed by atoms with van der Waals surface area (Å²) in [6.07, 6.45) is 2.88. The molecule has 1 N–H and O–H groups in total. The van der Waals surface area contributed by atoms with Crippen molar-refractivity contribution in [3.63, 3.8) is 0 Å². The van der Waals surface area contributed by atoms with Crippen molar-refractivity contribution >= 4 is 27.0 Å². The predicted octanol–water partition coefficient (Wildman–Crippen LogP) is 2.33. The van der Waals surface area contributed by atoms with Gasteiger partial charge in [-0.15, -0.1) is 0 Å². The number of sulfonamides is 1. The molecule has 28 heavy (non-hydrogen) atoms. The Kier molecular flexibility index (Phi) is 5.10. The molecule has 8 nitrogen and oxygen atoms in total. The Balaban J connectivity index is 1.40. The Morgan fingerprint density at radius 2 is 1.71 bits per heavy atom. The van der Waals surface area contributed by atoms with Crippen molar-refractivity contribution in [3.8, 4) is 0 Å². The molecule has 2 heterocycles. The number of nitrogens with one attached hydrogen (secondary N) is 1. The van der Waals surface area contributed by atoms with Gasteiger partial charge in [0.2, 0.25) is 10.0 Å². The summed E-state index contributed by atoms with van der Waals surface area (Å²) >= 11 is 0. The van der Waals surface area contributed by atoms with Gasteiger partial charge in [0, 0.05) is 25.2 Å². The van der Waals surface area contributed by atoms with Crippen LogP contribution in [0.25, 0.3) is 11.0 Å². The number of fused-ring (bicyclic) bond motifs is 1. The fourth-order valence-electron chi connectivity index (χ4n) is 3.24. The maximum Gasteiger partial charge on any atom is 0.251 e. The first-order valence-corrected chi connectivity index (χ1v) is 10.6. The summed E-state index contributed by atoms with van der Waals surface area (Å²) in [5, 5.41) is 10.2. The second kappa shape index (κ2) is 7.69. The number of hydrogen-bond acceptors (Lipinski definition) is 6. The third-order valence-electron chi connectivity index (χ3n) is 4.85. The monoisotopic (exact) mass is 400 g/mol. The Morgan fingerprint density at radius 3 is 2.46 bits per heavy atom. The van der Waals surface area contributed by atoms with Crippen LogP contribution in [0.5, 0.6) is 0 Å². The number of amides is 1. The number of carbonyl (C=O) groups is 1. The summed E-state index contributed by atoms with van der Waals surface area (Å²) in [7, 11) is -3.44. The maximum atomic E-state index is 12.7. The van der Waals surface area contributed by atoms with Crippen LogP contribution in [0.15, 0.2) is 52.0 Å². The number of rotatable bonds is 5. The minimum Gasteiger partial charge on any atom is -0.348 e. The Morgan fingerprint density at radius 1 is 1.00 bits per heavy atom. The highest BCUT2D eigenvalue weighted by molar-refractivity contribution is 7.89. The molecule has 1 aromatic heterocycles. The Hall–Kier alpha value is -2.78. The van der Waals surface area contributed by atoms with E-state index in [9.17, 15) is 13.2 Å². The second-order valence-electron chi connectivity index (χ2n) is 6.76. The molecule has 0 aliphatic carbocycles. The van der Waals surface area contributed by atoms with E-state index in [4.69, 9.17) is 0 Å². The minimum atomic E-state index is -3.44. The standard InChI is InChI=1S/C19H20N4O4S/c24-19(15-6-9-17-18(12-15)22-27-21-17)20-13-14-4-7-16(8-5-14)28(25,26)23-10-2-1-3-11-23/h4-9,12H,1-3,10-11,13H2,(H,20,24). The first-order chi connectivity index (χ1) is 13.5. The van der Waals surface area contributed by atoms with E-state index in [1.54, 1.807) is 46.8 Å². The van der Waals surface area contributed by atoms with Crippen LogP contribution in [0.1, 0.15) is 35.2 Å². The van der Waals surface area contributed by atoms with Gasteiger partial charge in [-0.25, -0.2) is 13.0 Å². The topological polar surface area (TPSA) is 105 Å². The first kappa shape index (κ1) is 18.6. The van der Waals surface area contributed by atoms with E-state index in [1.807, 2.05) is 0 Å². The third-order valence-corrected chi connectivity index (χ3v) is 6.76. The van der Waals surface area contributed by atoms with Crippen molar-refractivity contribution in [2.75, 3.05) is 13.1 Å². The van der Waals surface area contributed by atoms with Crippen LogP contribution in [0.3, 0.4) is 0 Å². The van der Waals surface area contributed by atoms with E-state index in [-0.39, 0.29) is 17.3 Å². The molecule has 1 saturated heterocycles. The molecule has 3 aromatic rings. The highest BCUT2D eigenvalue weighted by Gasteiger charge is 2.25. The SMILES string of the molecule is O=C(NCc1ccc(S(=O)(=O)N2CCCCC2)cc1)c1ccc2nonc2c1. The normalized spacial score (nSPS) is 15.6. The van der Waals surface area contributed by atoms with Crippen molar-refractivity contribution < 1.29 is 17.8 Å². The van der Waals surface area contributed by atoms with Gasteiger partial charge in [0.15, 0.2) is 0 Å². The van der Waals surface area contributed by atoms with E-state index in [1.165, 1.54) is 0 Å². The lowest BCUT2D eigenvalue weighted by Crippen LogP contribution is -2.35. The zero-order valence-corrected chi connectivity index (χ0v) is 16.0. The average molecular weight is 400 g/mol. The van der Waals surface area contributed by atoms with Gasteiger partial charge < -0.3 is 5.32 Å². The molecule has 0 atom stereocenters. The second-order valence-corrected chi connectivity index (χ2v) is 8.70. The molecule has 2 aromatic carbocycles. The molecule has 1 fully saturated rings. The van der Waals surface area contributed by atoms with Crippen molar-refractivity contribution in [3.05, 3.63) is 53.6 Å². The molecule has 9 heteroatoms. The van der Waals surface area contributed by atoms with Crippen LogP contribution in [-0.4, -0.2) is 42.0 Å². The smallest absolute Gasteiger partial charge is 0.251 e. The highest BCUT2D eigenvalue weighted by Crippen LogP contribution is 2.21. The van der Waals surface area contributed by atoms with Crippen molar-refractivity contribution in [2.45, 2.75) is 30.7 Å². The van der Waals surface area contributed by atoms with Gasteiger partial charge in [-0.1, -0.05) is 18.6 Å². The molecular formula is C19H20N4O4S. The molecule has 0 unspecified atom stereocenters. The number of carbonyl (C=O) groups excluding carboxylic acids is 1. The van der Waals surface area contributed by atoms with Crippen LogP contribution in [0.4, 0.5) is 0 Å². The van der Waals surface area contributed by atoms with Crippen molar-refractivity contribution in [1.29, 1.82) is 0 Å². The molecule has 0 radical (unpaired) electrons. The fourth-order valence-corrected chi connectivity index (χ4v) is 4.76. The third kappa shape index (κ3) is 3.76. The molecule has 1 amide bonds. The van der Waals surface area contributed by atoms with E-state index >= 15 is 0 Å². The number of piperidine rings is 1. The first-order valence-electron chi connectivity index (χ1n) is 9.14. The highest BCUT2D eigenvalue weighted by atomic mass is 32.2. The molecule has 146 valence electrons. The molecule has 1 aliphatic heterocycles. The predicted molar refractivity (Wildman–Crippen MR) is 102 cm³/mol. The summed E-state index contributed by atoms with van der Waals surface area (Å²) in [4.78, 5) is 12.6. The van der Waals surface area contributed by atoms with Gasteiger partial charge in [0.1, 0.15) is 11.0 Å². The summed E-state index contributed by atoms with van der Waals surface area (Å²) in [6.45, 7) is 1.44. The van der Waals surface area contributed by atoms with Crippen LogP contribution in [-0.2, 0) is 16.6 Å². The van der Waals surface area contributed by atoms with E-state index < -0.39 is 10.0 Å². The largest absolute Gasteiger partial charge is 0.348 e. The van der Waals surface area contributed by atoms with Gasteiger partial charge in [0.05, 0.1) is 4.90 Å². The maximum absolute atomic E-state index is 12.7. The summed E-state index contributed by atoms with van der Waals surface area (Å²) in [5.74, 6) is -0.255. The fraction of sp³-hybridized carbons (Fsp3) is 0.316. The van der Waals surface area contributed by atoms with E-state index in [0.717, 1.165) is 24.8 Å².